The average Bonchev–Trinajstić information content (AvgIpc) is 3.02. The standard InChI is InChI=1S/C15H12N2O2/c16-12-3-4-13-14(6-12)19-15(17-13)9-1-2-10-7-18-8-11(10)5-9/h1-6H,7-8,16H2. The smallest absolute Gasteiger partial charge is 0.227 e. The predicted molar refractivity (Wildman–Crippen MR) is 72.4 cm³/mol. The zero-order valence-corrected chi connectivity index (χ0v) is 10.2. The molecule has 4 rings (SSSR count). The molecule has 1 aromatic heterocycles. The molecule has 0 amide bonds. The van der Waals surface area contributed by atoms with Crippen molar-refractivity contribution in [3.05, 3.63) is 47.5 Å². The van der Waals surface area contributed by atoms with Crippen molar-refractivity contribution in [2.45, 2.75) is 13.2 Å². The number of nitrogens with two attached hydrogens (primary N) is 1. The number of nitrogen functional groups attached to an aromatic ring is 1. The second-order valence-electron chi connectivity index (χ2n) is 4.72. The van der Waals surface area contributed by atoms with E-state index in [0.29, 0.717) is 30.4 Å². The molecule has 2 aromatic carbocycles. The molecular weight excluding hydrogens is 240 g/mol. The molecule has 1 aliphatic rings. The highest BCUT2D eigenvalue weighted by Crippen LogP contribution is 2.29. The number of benzene rings is 2. The molecule has 0 unspecified atom stereocenters. The molecule has 19 heavy (non-hydrogen) atoms. The molecule has 2 heterocycles. The summed E-state index contributed by atoms with van der Waals surface area (Å²) in [6.07, 6.45) is 0. The first-order valence-electron chi connectivity index (χ1n) is 6.15. The zero-order chi connectivity index (χ0) is 12.8. The molecule has 3 aromatic rings. The lowest BCUT2D eigenvalue weighted by Gasteiger charge is -1.99. The average molecular weight is 252 g/mol. The zero-order valence-electron chi connectivity index (χ0n) is 10.2. The van der Waals surface area contributed by atoms with Crippen LogP contribution in [0.2, 0.25) is 0 Å². The maximum atomic E-state index is 5.76. The number of nitrogens with zero attached hydrogens (tertiary/aromatic N) is 1. The maximum Gasteiger partial charge on any atom is 0.227 e. The third-order valence-electron chi connectivity index (χ3n) is 3.38. The van der Waals surface area contributed by atoms with Gasteiger partial charge in [-0.15, -0.1) is 0 Å². The van der Waals surface area contributed by atoms with Crippen molar-refractivity contribution >= 4 is 16.8 Å². The number of anilines is 1. The number of aromatic nitrogens is 1. The fraction of sp³-hybridized carbons (Fsp3) is 0.133. The Morgan fingerprint density at radius 2 is 1.89 bits per heavy atom. The van der Waals surface area contributed by atoms with Crippen molar-refractivity contribution in [3.8, 4) is 11.5 Å². The van der Waals surface area contributed by atoms with Crippen LogP contribution in [-0.2, 0) is 18.0 Å². The first-order chi connectivity index (χ1) is 9.29. The van der Waals surface area contributed by atoms with Gasteiger partial charge in [0.1, 0.15) is 5.52 Å². The molecule has 0 fully saturated rings. The number of ether oxygens (including phenoxy) is 1. The van der Waals surface area contributed by atoms with Crippen LogP contribution in [0.5, 0.6) is 0 Å². The van der Waals surface area contributed by atoms with Crippen molar-refractivity contribution in [2.24, 2.45) is 0 Å². The molecule has 4 heteroatoms. The van der Waals surface area contributed by atoms with E-state index in [1.165, 1.54) is 11.1 Å². The minimum absolute atomic E-state index is 0.621. The van der Waals surface area contributed by atoms with E-state index in [9.17, 15) is 0 Å². The molecule has 94 valence electrons. The summed E-state index contributed by atoms with van der Waals surface area (Å²) in [6, 6.07) is 11.7. The monoisotopic (exact) mass is 252 g/mol. The van der Waals surface area contributed by atoms with Gasteiger partial charge < -0.3 is 14.9 Å². The van der Waals surface area contributed by atoms with Gasteiger partial charge in [0.15, 0.2) is 5.58 Å². The Balaban J connectivity index is 1.85. The van der Waals surface area contributed by atoms with Crippen LogP contribution in [0.15, 0.2) is 40.8 Å². The first kappa shape index (κ1) is 10.6. The molecule has 0 aliphatic carbocycles. The summed E-state index contributed by atoms with van der Waals surface area (Å²) in [5.74, 6) is 0.621. The first-order valence-corrected chi connectivity index (χ1v) is 6.15. The van der Waals surface area contributed by atoms with E-state index in [2.05, 4.69) is 17.1 Å². The molecule has 0 radical (unpaired) electrons. The van der Waals surface area contributed by atoms with Crippen molar-refractivity contribution in [2.75, 3.05) is 5.73 Å². The van der Waals surface area contributed by atoms with Crippen LogP contribution in [0.4, 0.5) is 5.69 Å². The van der Waals surface area contributed by atoms with E-state index in [4.69, 9.17) is 14.9 Å². The van der Waals surface area contributed by atoms with E-state index < -0.39 is 0 Å². The Morgan fingerprint density at radius 1 is 1.00 bits per heavy atom. The summed E-state index contributed by atoms with van der Waals surface area (Å²) in [7, 11) is 0. The van der Waals surface area contributed by atoms with Gasteiger partial charge in [0.05, 0.1) is 13.2 Å². The highest BCUT2D eigenvalue weighted by Gasteiger charge is 2.14. The highest BCUT2D eigenvalue weighted by atomic mass is 16.5. The third-order valence-corrected chi connectivity index (χ3v) is 3.38. The quantitative estimate of drug-likeness (QED) is 0.676. The number of hydrogen-bond acceptors (Lipinski definition) is 4. The van der Waals surface area contributed by atoms with Crippen molar-refractivity contribution in [3.63, 3.8) is 0 Å². The largest absolute Gasteiger partial charge is 0.436 e. The van der Waals surface area contributed by atoms with Crippen molar-refractivity contribution in [1.82, 2.24) is 4.98 Å². The molecule has 0 saturated heterocycles. The fourth-order valence-corrected chi connectivity index (χ4v) is 2.37. The van der Waals surface area contributed by atoms with Crippen LogP contribution in [0.1, 0.15) is 11.1 Å². The Morgan fingerprint density at radius 3 is 2.84 bits per heavy atom. The van der Waals surface area contributed by atoms with Gasteiger partial charge in [0, 0.05) is 17.3 Å². The minimum atomic E-state index is 0.621. The van der Waals surface area contributed by atoms with Crippen LogP contribution in [0.25, 0.3) is 22.6 Å². The van der Waals surface area contributed by atoms with Crippen molar-refractivity contribution in [1.29, 1.82) is 0 Å². The van der Waals surface area contributed by atoms with E-state index in [-0.39, 0.29) is 0 Å². The molecule has 1 aliphatic heterocycles. The summed E-state index contributed by atoms with van der Waals surface area (Å²) in [6.45, 7) is 1.36. The van der Waals surface area contributed by atoms with Gasteiger partial charge in [-0.3, -0.25) is 0 Å². The molecule has 0 saturated carbocycles. The Hall–Kier alpha value is -2.33. The van der Waals surface area contributed by atoms with Gasteiger partial charge in [-0.25, -0.2) is 4.98 Å². The molecule has 4 nitrogen and oxygen atoms in total. The van der Waals surface area contributed by atoms with Crippen molar-refractivity contribution < 1.29 is 9.15 Å². The predicted octanol–water partition coefficient (Wildman–Crippen LogP) is 3.11. The third kappa shape index (κ3) is 1.69. The lowest BCUT2D eigenvalue weighted by molar-refractivity contribution is 0.134. The summed E-state index contributed by atoms with van der Waals surface area (Å²) in [5.41, 5.74) is 11.4. The van der Waals surface area contributed by atoms with E-state index in [1.807, 2.05) is 18.2 Å². The van der Waals surface area contributed by atoms with Crippen LogP contribution in [0, 0.1) is 0 Å². The maximum absolute atomic E-state index is 5.76. The number of oxazole rings is 1. The van der Waals surface area contributed by atoms with Crippen LogP contribution >= 0.6 is 0 Å². The van der Waals surface area contributed by atoms with Gasteiger partial charge >= 0.3 is 0 Å². The van der Waals surface area contributed by atoms with Crippen LogP contribution < -0.4 is 5.73 Å². The van der Waals surface area contributed by atoms with Gasteiger partial charge in [-0.05, 0) is 35.4 Å². The fourth-order valence-electron chi connectivity index (χ4n) is 2.37. The minimum Gasteiger partial charge on any atom is -0.436 e. The Bertz CT molecular complexity index is 777. The summed E-state index contributed by atoms with van der Waals surface area (Å²) >= 11 is 0. The van der Waals surface area contributed by atoms with Crippen LogP contribution in [0.3, 0.4) is 0 Å². The van der Waals surface area contributed by atoms with Gasteiger partial charge in [0.2, 0.25) is 5.89 Å². The number of rotatable bonds is 1. The summed E-state index contributed by atoms with van der Waals surface area (Å²) in [4.78, 5) is 4.49. The SMILES string of the molecule is Nc1ccc2nc(-c3ccc4c(c3)COC4)oc2c1. The lowest BCUT2D eigenvalue weighted by Crippen LogP contribution is -1.84. The molecule has 0 atom stereocenters. The van der Waals surface area contributed by atoms with Crippen LogP contribution in [-0.4, -0.2) is 4.98 Å². The summed E-state index contributed by atoms with van der Waals surface area (Å²) < 4.78 is 11.2. The van der Waals surface area contributed by atoms with Gasteiger partial charge in [0.25, 0.3) is 0 Å². The molecule has 0 bridgehead atoms. The van der Waals surface area contributed by atoms with Gasteiger partial charge in [-0.1, -0.05) is 6.07 Å². The topological polar surface area (TPSA) is 61.3 Å². The van der Waals surface area contributed by atoms with E-state index in [0.717, 1.165) is 11.1 Å². The second kappa shape index (κ2) is 3.83. The normalized spacial score (nSPS) is 13.9. The Kier molecular flexibility index (Phi) is 2.13. The molecule has 0 spiro atoms. The summed E-state index contributed by atoms with van der Waals surface area (Å²) in [5, 5.41) is 0. The number of fused-ring (bicyclic) bond motifs is 2. The molecular formula is C15H12N2O2. The second-order valence-corrected chi connectivity index (χ2v) is 4.72. The van der Waals surface area contributed by atoms with E-state index in [1.54, 1.807) is 6.07 Å². The van der Waals surface area contributed by atoms with Gasteiger partial charge in [-0.2, -0.15) is 0 Å². The number of hydrogen-bond donors (Lipinski definition) is 1. The van der Waals surface area contributed by atoms with E-state index >= 15 is 0 Å². The Labute approximate surface area is 109 Å². The highest BCUT2D eigenvalue weighted by molar-refractivity contribution is 5.79. The molecule has 2 N–H and O–H groups in total. The lowest BCUT2D eigenvalue weighted by atomic mass is 10.1.